The van der Waals surface area contributed by atoms with Crippen molar-refractivity contribution in [1.82, 2.24) is 9.97 Å². The topological polar surface area (TPSA) is 67.1 Å². The van der Waals surface area contributed by atoms with Gasteiger partial charge in [-0.2, -0.15) is 11.3 Å². The molecule has 0 saturated heterocycles. The average Bonchev–Trinajstić information content (AvgIpc) is 2.81. The van der Waals surface area contributed by atoms with Crippen molar-refractivity contribution in [1.29, 1.82) is 0 Å². The highest BCUT2D eigenvalue weighted by molar-refractivity contribution is 7.07. The molecule has 0 fully saturated rings. The molecule has 6 heteroatoms. The molecule has 2 aromatic rings. The van der Waals surface area contributed by atoms with Crippen LogP contribution in [0.3, 0.4) is 0 Å². The summed E-state index contributed by atoms with van der Waals surface area (Å²) in [6.45, 7) is 2.67. The first-order chi connectivity index (χ1) is 8.19. The molecule has 0 aliphatic rings. The fourth-order valence-electron chi connectivity index (χ4n) is 1.56. The molecule has 0 bridgehead atoms. The van der Waals surface area contributed by atoms with E-state index in [9.17, 15) is 0 Å². The van der Waals surface area contributed by atoms with Crippen molar-refractivity contribution in [2.45, 2.75) is 13.5 Å². The quantitative estimate of drug-likeness (QED) is 0.638. The van der Waals surface area contributed by atoms with Gasteiger partial charge in [0.25, 0.3) is 0 Å². The van der Waals surface area contributed by atoms with Gasteiger partial charge in [-0.15, -0.1) is 0 Å². The summed E-state index contributed by atoms with van der Waals surface area (Å²) in [4.78, 5) is 10.6. The lowest BCUT2D eigenvalue weighted by Crippen LogP contribution is -2.19. The Morgan fingerprint density at radius 3 is 2.94 bits per heavy atom. The summed E-state index contributed by atoms with van der Waals surface area (Å²) in [5.41, 5.74) is 3.82. The largest absolute Gasteiger partial charge is 0.355 e. The third-order valence-electron chi connectivity index (χ3n) is 2.36. The second-order valence-corrected chi connectivity index (χ2v) is 4.57. The Kier molecular flexibility index (Phi) is 3.55. The van der Waals surface area contributed by atoms with Gasteiger partial charge in [-0.3, -0.25) is 0 Å². The molecule has 2 aromatic heterocycles. The number of thiophene rings is 1. The Bertz CT molecular complexity index is 483. The highest BCUT2D eigenvalue weighted by atomic mass is 32.1. The van der Waals surface area contributed by atoms with Gasteiger partial charge in [0.1, 0.15) is 17.5 Å². The second kappa shape index (κ2) is 5.11. The Labute approximate surface area is 104 Å². The zero-order chi connectivity index (χ0) is 12.3. The summed E-state index contributed by atoms with van der Waals surface area (Å²) < 4.78 is 0. The molecule has 0 aliphatic heterocycles. The number of hydrogen-bond acceptors (Lipinski definition) is 6. The van der Waals surface area contributed by atoms with Gasteiger partial charge in [-0.25, -0.2) is 15.8 Å². The van der Waals surface area contributed by atoms with Gasteiger partial charge in [0.15, 0.2) is 0 Å². The van der Waals surface area contributed by atoms with E-state index >= 15 is 0 Å². The van der Waals surface area contributed by atoms with Crippen LogP contribution in [0.4, 0.5) is 11.6 Å². The molecule has 0 atom stereocenters. The molecule has 2 rings (SSSR count). The Morgan fingerprint density at radius 2 is 2.29 bits per heavy atom. The van der Waals surface area contributed by atoms with E-state index in [1.165, 1.54) is 5.56 Å². The molecule has 0 amide bonds. The number of nitrogens with zero attached hydrogens (tertiary/aromatic N) is 3. The average molecular weight is 249 g/mol. The summed E-state index contributed by atoms with van der Waals surface area (Å²) in [5.74, 6) is 7.56. The zero-order valence-electron chi connectivity index (χ0n) is 9.84. The number of rotatable bonds is 4. The van der Waals surface area contributed by atoms with Crippen molar-refractivity contribution in [3.05, 3.63) is 34.3 Å². The van der Waals surface area contributed by atoms with Crippen molar-refractivity contribution in [2.75, 3.05) is 17.4 Å². The number of nitrogens with two attached hydrogens (primary N) is 1. The lowest BCUT2D eigenvalue weighted by atomic mass is 10.3. The highest BCUT2D eigenvalue weighted by Gasteiger charge is 2.07. The Balaban J connectivity index is 2.18. The van der Waals surface area contributed by atoms with Crippen molar-refractivity contribution >= 4 is 23.0 Å². The second-order valence-electron chi connectivity index (χ2n) is 3.79. The number of nitrogens with one attached hydrogen (secondary N) is 1. The highest BCUT2D eigenvalue weighted by Crippen LogP contribution is 2.17. The standard InChI is InChI=1S/C11H15N5S/c1-8-13-10(15-12)5-11(14-8)16(2)6-9-3-4-17-7-9/h3-5,7H,6,12H2,1-2H3,(H,13,14,15). The predicted octanol–water partition coefficient (Wildman–Crippen LogP) is 1.77. The molecule has 0 saturated carbocycles. The minimum absolute atomic E-state index is 0.629. The fourth-order valence-corrected chi connectivity index (χ4v) is 2.22. The van der Waals surface area contributed by atoms with Crippen LogP contribution in [-0.4, -0.2) is 17.0 Å². The van der Waals surface area contributed by atoms with Gasteiger partial charge in [0, 0.05) is 19.7 Å². The van der Waals surface area contributed by atoms with E-state index in [1.54, 1.807) is 11.3 Å². The lowest BCUT2D eigenvalue weighted by Gasteiger charge is -2.18. The van der Waals surface area contributed by atoms with Gasteiger partial charge >= 0.3 is 0 Å². The van der Waals surface area contributed by atoms with Crippen LogP contribution >= 0.6 is 11.3 Å². The first-order valence-corrected chi connectivity index (χ1v) is 6.18. The smallest absolute Gasteiger partial charge is 0.145 e. The third-order valence-corrected chi connectivity index (χ3v) is 3.10. The SMILES string of the molecule is Cc1nc(NN)cc(N(C)Cc2ccsc2)n1. The van der Waals surface area contributed by atoms with E-state index < -0.39 is 0 Å². The number of hydrazine groups is 1. The monoisotopic (exact) mass is 249 g/mol. The van der Waals surface area contributed by atoms with E-state index in [0.29, 0.717) is 11.6 Å². The van der Waals surface area contributed by atoms with E-state index in [-0.39, 0.29) is 0 Å². The molecule has 5 nitrogen and oxygen atoms in total. The Morgan fingerprint density at radius 1 is 1.47 bits per heavy atom. The summed E-state index contributed by atoms with van der Waals surface area (Å²) in [7, 11) is 2.00. The van der Waals surface area contributed by atoms with Crippen molar-refractivity contribution in [2.24, 2.45) is 5.84 Å². The maximum atomic E-state index is 5.37. The van der Waals surface area contributed by atoms with Crippen LogP contribution in [0.25, 0.3) is 0 Å². The number of hydrogen-bond donors (Lipinski definition) is 2. The normalized spacial score (nSPS) is 10.3. The van der Waals surface area contributed by atoms with E-state index in [0.717, 1.165) is 12.4 Å². The number of aryl methyl sites for hydroxylation is 1. The Hall–Kier alpha value is -1.66. The first kappa shape index (κ1) is 11.8. The molecule has 0 aliphatic carbocycles. The van der Waals surface area contributed by atoms with Crippen molar-refractivity contribution < 1.29 is 0 Å². The van der Waals surface area contributed by atoms with Crippen LogP contribution in [-0.2, 0) is 6.54 Å². The summed E-state index contributed by atoms with van der Waals surface area (Å²) >= 11 is 1.70. The van der Waals surface area contributed by atoms with E-state index in [4.69, 9.17) is 5.84 Å². The van der Waals surface area contributed by atoms with Crippen LogP contribution in [0.1, 0.15) is 11.4 Å². The maximum absolute atomic E-state index is 5.37. The summed E-state index contributed by atoms with van der Waals surface area (Å²) in [6.07, 6.45) is 0. The van der Waals surface area contributed by atoms with Crippen LogP contribution in [0.5, 0.6) is 0 Å². The molecule has 0 unspecified atom stereocenters. The first-order valence-electron chi connectivity index (χ1n) is 5.23. The molecule has 90 valence electrons. The maximum Gasteiger partial charge on any atom is 0.145 e. The van der Waals surface area contributed by atoms with Crippen molar-refractivity contribution in [3.63, 3.8) is 0 Å². The molecule has 3 N–H and O–H groups in total. The van der Waals surface area contributed by atoms with Gasteiger partial charge in [0.2, 0.25) is 0 Å². The molecule has 2 heterocycles. The molecule has 0 radical (unpaired) electrons. The number of anilines is 2. The van der Waals surface area contributed by atoms with Gasteiger partial charge in [-0.1, -0.05) is 0 Å². The minimum Gasteiger partial charge on any atom is -0.355 e. The van der Waals surface area contributed by atoms with Crippen LogP contribution in [0, 0.1) is 6.92 Å². The predicted molar refractivity (Wildman–Crippen MR) is 71.0 cm³/mol. The van der Waals surface area contributed by atoms with Crippen LogP contribution in [0.2, 0.25) is 0 Å². The van der Waals surface area contributed by atoms with Gasteiger partial charge in [0.05, 0.1) is 0 Å². The molecule has 0 aromatic carbocycles. The minimum atomic E-state index is 0.629. The molecular weight excluding hydrogens is 234 g/mol. The van der Waals surface area contributed by atoms with Crippen molar-refractivity contribution in [3.8, 4) is 0 Å². The van der Waals surface area contributed by atoms with Crippen LogP contribution in [0.15, 0.2) is 22.9 Å². The van der Waals surface area contributed by atoms with Gasteiger partial charge < -0.3 is 10.3 Å². The number of aromatic nitrogens is 2. The number of nitrogen functional groups attached to an aromatic ring is 1. The molecular formula is C11H15N5S. The van der Waals surface area contributed by atoms with Crippen LogP contribution < -0.4 is 16.2 Å². The third kappa shape index (κ3) is 2.92. The molecule has 17 heavy (non-hydrogen) atoms. The summed E-state index contributed by atoms with van der Waals surface area (Å²) in [5, 5.41) is 4.20. The van der Waals surface area contributed by atoms with E-state index in [1.807, 2.05) is 20.0 Å². The van der Waals surface area contributed by atoms with E-state index in [2.05, 4.69) is 37.1 Å². The zero-order valence-corrected chi connectivity index (χ0v) is 10.7. The van der Waals surface area contributed by atoms with Gasteiger partial charge in [-0.05, 0) is 29.3 Å². The fraction of sp³-hybridized carbons (Fsp3) is 0.273. The lowest BCUT2D eigenvalue weighted by molar-refractivity contribution is 0.882. The molecule has 0 spiro atoms. The summed E-state index contributed by atoms with van der Waals surface area (Å²) in [6, 6.07) is 3.94.